The van der Waals surface area contributed by atoms with Crippen LogP contribution >= 0.6 is 15.9 Å². The molecular weight excluding hydrogens is 468 g/mol. The van der Waals surface area contributed by atoms with E-state index in [9.17, 15) is 14.4 Å². The van der Waals surface area contributed by atoms with E-state index in [-0.39, 0.29) is 5.57 Å². The zero-order chi connectivity index (χ0) is 22.5. The molecule has 3 rings (SSSR count). The van der Waals surface area contributed by atoms with Gasteiger partial charge in [-0.1, -0.05) is 34.1 Å². The molecule has 8 nitrogen and oxygen atoms in total. The molecule has 1 atom stereocenters. The van der Waals surface area contributed by atoms with Crippen LogP contribution in [0, 0.1) is 0 Å². The van der Waals surface area contributed by atoms with Crippen molar-refractivity contribution in [1.29, 1.82) is 0 Å². The van der Waals surface area contributed by atoms with Crippen LogP contribution < -0.4 is 19.9 Å². The van der Waals surface area contributed by atoms with Gasteiger partial charge in [-0.25, -0.2) is 9.80 Å². The number of hydrogen-bond acceptors (Lipinski definition) is 6. The highest BCUT2D eigenvalue weighted by Crippen LogP contribution is 2.36. The number of esters is 1. The molecule has 0 aromatic heterocycles. The summed E-state index contributed by atoms with van der Waals surface area (Å²) in [6, 6.07) is 12.1. The van der Waals surface area contributed by atoms with E-state index in [1.54, 1.807) is 50.2 Å². The Labute approximate surface area is 187 Å². The van der Waals surface area contributed by atoms with Crippen LogP contribution in [0.5, 0.6) is 11.5 Å². The lowest BCUT2D eigenvalue weighted by Gasteiger charge is -2.17. The summed E-state index contributed by atoms with van der Waals surface area (Å²) in [5, 5.41) is 1.20. The SMILES string of the molecule is CCOc1cc(C=C2C(=O)NN(c3ccccc3)C2=O)c(Br)cc1OC(C)C(=O)OC. The van der Waals surface area contributed by atoms with Gasteiger partial charge >= 0.3 is 5.97 Å². The molecule has 1 heterocycles. The van der Waals surface area contributed by atoms with Crippen molar-refractivity contribution in [2.75, 3.05) is 18.7 Å². The Morgan fingerprint density at radius 3 is 2.55 bits per heavy atom. The van der Waals surface area contributed by atoms with Crippen LogP contribution in [-0.2, 0) is 19.1 Å². The molecule has 2 aromatic carbocycles. The number of carbonyl (C=O) groups excluding carboxylic acids is 3. The van der Waals surface area contributed by atoms with E-state index >= 15 is 0 Å². The van der Waals surface area contributed by atoms with Gasteiger partial charge in [-0.15, -0.1) is 0 Å². The number of methoxy groups -OCH3 is 1. The van der Waals surface area contributed by atoms with Gasteiger partial charge in [0.25, 0.3) is 11.8 Å². The van der Waals surface area contributed by atoms with Crippen molar-refractivity contribution in [1.82, 2.24) is 5.43 Å². The first-order valence-electron chi connectivity index (χ1n) is 9.48. The van der Waals surface area contributed by atoms with Crippen LogP contribution in [0.4, 0.5) is 5.69 Å². The molecule has 1 aliphatic rings. The number of benzene rings is 2. The smallest absolute Gasteiger partial charge is 0.346 e. The molecule has 0 aliphatic carbocycles. The van der Waals surface area contributed by atoms with Crippen LogP contribution in [0.2, 0.25) is 0 Å². The number of ether oxygens (including phenoxy) is 3. The Morgan fingerprint density at radius 1 is 1.19 bits per heavy atom. The van der Waals surface area contributed by atoms with Crippen molar-refractivity contribution in [3.05, 3.63) is 58.1 Å². The van der Waals surface area contributed by atoms with Crippen LogP contribution in [0.25, 0.3) is 6.08 Å². The van der Waals surface area contributed by atoms with Crippen LogP contribution in [0.3, 0.4) is 0 Å². The summed E-state index contributed by atoms with van der Waals surface area (Å²) in [4.78, 5) is 37.0. The molecule has 31 heavy (non-hydrogen) atoms. The molecule has 162 valence electrons. The second kappa shape index (κ2) is 9.65. The fraction of sp³-hybridized carbons (Fsp3) is 0.227. The lowest BCUT2D eigenvalue weighted by atomic mass is 10.1. The average Bonchev–Trinajstić information content (AvgIpc) is 3.05. The fourth-order valence-corrected chi connectivity index (χ4v) is 3.34. The van der Waals surface area contributed by atoms with E-state index in [4.69, 9.17) is 9.47 Å². The molecule has 1 N–H and O–H groups in total. The van der Waals surface area contributed by atoms with E-state index in [1.807, 2.05) is 6.07 Å². The Morgan fingerprint density at radius 2 is 1.90 bits per heavy atom. The van der Waals surface area contributed by atoms with Crippen molar-refractivity contribution < 1.29 is 28.6 Å². The van der Waals surface area contributed by atoms with Gasteiger partial charge in [0.2, 0.25) is 0 Å². The van der Waals surface area contributed by atoms with Gasteiger partial charge in [0, 0.05) is 4.47 Å². The number of para-hydroxylation sites is 1. The summed E-state index contributed by atoms with van der Waals surface area (Å²) in [6.07, 6.45) is 0.628. The van der Waals surface area contributed by atoms with E-state index in [1.165, 1.54) is 18.2 Å². The monoisotopic (exact) mass is 488 g/mol. The number of nitrogens with one attached hydrogen (secondary N) is 1. The largest absolute Gasteiger partial charge is 0.490 e. The zero-order valence-electron chi connectivity index (χ0n) is 17.2. The Hall–Kier alpha value is -3.33. The minimum atomic E-state index is -0.845. The molecule has 0 saturated carbocycles. The first-order chi connectivity index (χ1) is 14.8. The third-order valence-corrected chi connectivity index (χ3v) is 5.09. The number of hydrazine groups is 1. The van der Waals surface area contributed by atoms with Crippen molar-refractivity contribution in [2.45, 2.75) is 20.0 Å². The Kier molecular flexibility index (Phi) is 6.96. The maximum atomic E-state index is 12.8. The number of carbonyl (C=O) groups is 3. The first-order valence-corrected chi connectivity index (χ1v) is 10.3. The number of hydrogen-bond donors (Lipinski definition) is 1. The zero-order valence-corrected chi connectivity index (χ0v) is 18.8. The maximum Gasteiger partial charge on any atom is 0.346 e. The summed E-state index contributed by atoms with van der Waals surface area (Å²) in [6.45, 7) is 3.71. The lowest BCUT2D eigenvalue weighted by molar-refractivity contribution is -0.148. The molecule has 1 aliphatic heterocycles. The van der Waals surface area contributed by atoms with Gasteiger partial charge in [0.05, 0.1) is 19.4 Å². The average molecular weight is 489 g/mol. The van der Waals surface area contributed by atoms with Crippen LogP contribution in [0.1, 0.15) is 19.4 Å². The summed E-state index contributed by atoms with van der Waals surface area (Å²) in [7, 11) is 1.28. The second-order valence-electron chi connectivity index (χ2n) is 6.51. The number of halogens is 1. The maximum absolute atomic E-state index is 12.8. The molecule has 0 bridgehead atoms. The number of nitrogens with zero attached hydrogens (tertiary/aromatic N) is 1. The van der Waals surface area contributed by atoms with Gasteiger partial charge in [-0.3, -0.25) is 15.0 Å². The Bertz CT molecular complexity index is 1040. The molecule has 1 unspecified atom stereocenters. The highest BCUT2D eigenvalue weighted by molar-refractivity contribution is 9.10. The third-order valence-electron chi connectivity index (χ3n) is 4.41. The lowest BCUT2D eigenvalue weighted by Crippen LogP contribution is -2.35. The van der Waals surface area contributed by atoms with E-state index < -0.39 is 23.9 Å². The van der Waals surface area contributed by atoms with Crippen molar-refractivity contribution >= 4 is 45.5 Å². The normalized spacial score (nSPS) is 15.6. The highest BCUT2D eigenvalue weighted by atomic mass is 79.9. The molecular formula is C22H21BrN2O6. The Balaban J connectivity index is 1.94. The molecule has 1 saturated heterocycles. The summed E-state index contributed by atoms with van der Waals surface area (Å²) < 4.78 is 16.5. The number of rotatable bonds is 7. The van der Waals surface area contributed by atoms with E-state index in [0.717, 1.165) is 0 Å². The minimum Gasteiger partial charge on any atom is -0.490 e. The van der Waals surface area contributed by atoms with Gasteiger partial charge in [0.15, 0.2) is 17.6 Å². The number of anilines is 1. The van der Waals surface area contributed by atoms with Crippen LogP contribution in [0.15, 0.2) is 52.5 Å². The topological polar surface area (TPSA) is 94.2 Å². The predicted molar refractivity (Wildman–Crippen MR) is 117 cm³/mol. The summed E-state index contributed by atoms with van der Waals surface area (Å²) in [5.74, 6) is -0.834. The standard InChI is InChI=1S/C22H21BrN2O6/c1-4-30-18-11-14(17(23)12-19(18)31-13(2)22(28)29-3)10-16-20(26)24-25(21(16)27)15-8-6-5-7-9-15/h5-13H,4H2,1-3H3,(H,24,26). The quantitative estimate of drug-likeness (QED) is 0.365. The fourth-order valence-electron chi connectivity index (χ4n) is 2.90. The van der Waals surface area contributed by atoms with Crippen molar-refractivity contribution in [2.24, 2.45) is 0 Å². The molecule has 9 heteroatoms. The number of amides is 2. The second-order valence-corrected chi connectivity index (χ2v) is 7.37. The third kappa shape index (κ3) is 4.88. The molecule has 2 aromatic rings. The summed E-state index contributed by atoms with van der Waals surface area (Å²) >= 11 is 3.43. The van der Waals surface area contributed by atoms with Crippen molar-refractivity contribution in [3.63, 3.8) is 0 Å². The summed E-state index contributed by atoms with van der Waals surface area (Å²) in [5.41, 5.74) is 3.63. The van der Waals surface area contributed by atoms with E-state index in [0.29, 0.717) is 33.8 Å². The predicted octanol–water partition coefficient (Wildman–Crippen LogP) is 3.25. The molecule has 2 amide bonds. The molecule has 0 radical (unpaired) electrons. The van der Waals surface area contributed by atoms with Gasteiger partial charge in [-0.05, 0) is 49.8 Å². The molecule has 1 fully saturated rings. The van der Waals surface area contributed by atoms with Gasteiger partial charge in [0.1, 0.15) is 5.57 Å². The van der Waals surface area contributed by atoms with E-state index in [2.05, 4.69) is 26.1 Å². The first kappa shape index (κ1) is 22.4. The van der Waals surface area contributed by atoms with Crippen LogP contribution in [-0.4, -0.2) is 37.6 Å². The van der Waals surface area contributed by atoms with Gasteiger partial charge < -0.3 is 14.2 Å². The highest BCUT2D eigenvalue weighted by Gasteiger charge is 2.34. The molecule has 0 spiro atoms. The minimum absolute atomic E-state index is 0.0244. The van der Waals surface area contributed by atoms with Crippen molar-refractivity contribution in [3.8, 4) is 11.5 Å². The van der Waals surface area contributed by atoms with Gasteiger partial charge in [-0.2, -0.15) is 0 Å².